The first-order valence-corrected chi connectivity index (χ1v) is 7.65. The van der Waals surface area contributed by atoms with Crippen molar-refractivity contribution in [2.24, 2.45) is 0 Å². The lowest BCUT2D eigenvalue weighted by Crippen LogP contribution is -2.11. The van der Waals surface area contributed by atoms with Crippen molar-refractivity contribution in [2.45, 2.75) is 32.2 Å². The normalized spacial score (nSPS) is 22.5. The summed E-state index contributed by atoms with van der Waals surface area (Å²) in [6.07, 6.45) is 1.95. The Balaban J connectivity index is 2.36. The molecule has 1 aromatic heterocycles. The van der Waals surface area contributed by atoms with Crippen molar-refractivity contribution in [3.8, 4) is 0 Å². The van der Waals surface area contributed by atoms with Gasteiger partial charge in [-0.15, -0.1) is 0 Å². The van der Waals surface area contributed by atoms with Crippen molar-refractivity contribution >= 4 is 15.8 Å². The molecule has 1 aliphatic rings. The van der Waals surface area contributed by atoms with Crippen molar-refractivity contribution in [3.05, 3.63) is 17.5 Å². The van der Waals surface area contributed by atoms with E-state index in [9.17, 15) is 13.2 Å². The standard InChI is InChI=1S/C11H16N2O4S/c1-7(2)10-9(11(14)15)5-13(12-10)8-3-4-18(16,17)6-8/h5,7-8H,3-4,6H2,1-2H3,(H,14,15). The molecule has 1 N–H and O–H groups in total. The van der Waals surface area contributed by atoms with Crippen molar-refractivity contribution in [2.75, 3.05) is 11.5 Å². The van der Waals surface area contributed by atoms with Gasteiger partial charge in [-0.25, -0.2) is 13.2 Å². The maximum Gasteiger partial charge on any atom is 0.339 e. The van der Waals surface area contributed by atoms with Crippen LogP contribution >= 0.6 is 0 Å². The Hall–Kier alpha value is -1.37. The van der Waals surface area contributed by atoms with E-state index < -0.39 is 15.8 Å². The molecule has 0 bridgehead atoms. The fourth-order valence-electron chi connectivity index (χ4n) is 2.17. The minimum Gasteiger partial charge on any atom is -0.478 e. The summed E-state index contributed by atoms with van der Waals surface area (Å²) in [4.78, 5) is 11.1. The molecule has 100 valence electrons. The summed E-state index contributed by atoms with van der Waals surface area (Å²) in [5, 5.41) is 13.4. The van der Waals surface area contributed by atoms with E-state index in [0.29, 0.717) is 12.1 Å². The summed E-state index contributed by atoms with van der Waals surface area (Å²) in [5.41, 5.74) is 0.668. The van der Waals surface area contributed by atoms with Crippen LogP contribution in [0.5, 0.6) is 0 Å². The molecule has 1 atom stereocenters. The highest BCUT2D eigenvalue weighted by Crippen LogP contribution is 2.26. The van der Waals surface area contributed by atoms with Gasteiger partial charge in [-0.2, -0.15) is 5.10 Å². The molecule has 1 aromatic rings. The lowest BCUT2D eigenvalue weighted by atomic mass is 10.1. The highest BCUT2D eigenvalue weighted by atomic mass is 32.2. The van der Waals surface area contributed by atoms with Crippen LogP contribution < -0.4 is 0 Å². The Labute approximate surface area is 106 Å². The van der Waals surface area contributed by atoms with Gasteiger partial charge in [0.1, 0.15) is 5.56 Å². The molecular weight excluding hydrogens is 256 g/mol. The lowest BCUT2D eigenvalue weighted by molar-refractivity contribution is 0.0695. The fourth-order valence-corrected chi connectivity index (χ4v) is 3.87. The van der Waals surface area contributed by atoms with Crippen LogP contribution in [0.1, 0.15) is 48.3 Å². The molecule has 2 heterocycles. The van der Waals surface area contributed by atoms with Gasteiger partial charge in [-0.3, -0.25) is 4.68 Å². The van der Waals surface area contributed by atoms with Gasteiger partial charge < -0.3 is 5.11 Å². The number of aromatic nitrogens is 2. The molecule has 18 heavy (non-hydrogen) atoms. The Bertz CT molecular complexity index is 574. The molecule has 1 unspecified atom stereocenters. The molecule has 0 aromatic carbocycles. The van der Waals surface area contributed by atoms with E-state index in [0.717, 1.165) is 0 Å². The Morgan fingerprint density at radius 2 is 2.22 bits per heavy atom. The van der Waals surface area contributed by atoms with Gasteiger partial charge in [0.15, 0.2) is 9.84 Å². The second-order valence-corrected chi connectivity index (χ2v) is 7.15. The molecule has 1 fully saturated rings. The zero-order valence-electron chi connectivity index (χ0n) is 10.3. The number of sulfone groups is 1. The largest absolute Gasteiger partial charge is 0.478 e. The second-order valence-electron chi connectivity index (χ2n) is 4.92. The number of carbonyl (C=O) groups is 1. The third kappa shape index (κ3) is 2.40. The van der Waals surface area contributed by atoms with E-state index in [-0.39, 0.29) is 29.0 Å². The van der Waals surface area contributed by atoms with Crippen LogP contribution in [0.25, 0.3) is 0 Å². The minimum atomic E-state index is -3.00. The SMILES string of the molecule is CC(C)c1nn(C2CCS(=O)(=O)C2)cc1C(=O)O. The first-order valence-electron chi connectivity index (χ1n) is 5.83. The van der Waals surface area contributed by atoms with E-state index >= 15 is 0 Å². The zero-order valence-corrected chi connectivity index (χ0v) is 11.1. The molecule has 0 aliphatic carbocycles. The first-order chi connectivity index (χ1) is 8.30. The van der Waals surface area contributed by atoms with Crippen LogP contribution in [-0.4, -0.2) is 40.8 Å². The number of hydrogen-bond acceptors (Lipinski definition) is 4. The lowest BCUT2D eigenvalue weighted by Gasteiger charge is -2.07. The van der Waals surface area contributed by atoms with E-state index in [1.807, 2.05) is 13.8 Å². The quantitative estimate of drug-likeness (QED) is 0.888. The predicted molar refractivity (Wildman–Crippen MR) is 65.6 cm³/mol. The molecule has 0 amide bonds. The van der Waals surface area contributed by atoms with E-state index in [1.54, 1.807) is 0 Å². The smallest absolute Gasteiger partial charge is 0.339 e. The summed E-state index contributed by atoms with van der Waals surface area (Å²) in [6.45, 7) is 3.73. The molecule has 6 nitrogen and oxygen atoms in total. The van der Waals surface area contributed by atoms with Crippen molar-refractivity contribution in [1.82, 2.24) is 9.78 Å². The number of carboxylic acids is 1. The van der Waals surface area contributed by atoms with Crippen LogP contribution in [0.15, 0.2) is 6.20 Å². The highest BCUT2D eigenvalue weighted by molar-refractivity contribution is 7.91. The first kappa shape index (κ1) is 13.1. The van der Waals surface area contributed by atoms with E-state index in [1.165, 1.54) is 10.9 Å². The molecule has 1 saturated heterocycles. The van der Waals surface area contributed by atoms with E-state index in [2.05, 4.69) is 5.10 Å². The van der Waals surface area contributed by atoms with Gasteiger partial charge in [0.05, 0.1) is 23.2 Å². The average molecular weight is 272 g/mol. The molecular formula is C11H16N2O4S. The Morgan fingerprint density at radius 1 is 1.56 bits per heavy atom. The van der Waals surface area contributed by atoms with Crippen molar-refractivity contribution in [1.29, 1.82) is 0 Å². The van der Waals surface area contributed by atoms with Crippen LogP contribution in [0, 0.1) is 0 Å². The summed E-state index contributed by atoms with van der Waals surface area (Å²) < 4.78 is 24.3. The van der Waals surface area contributed by atoms with Gasteiger partial charge in [0.2, 0.25) is 0 Å². The molecule has 0 radical (unpaired) electrons. The summed E-state index contributed by atoms with van der Waals surface area (Å²) in [5.74, 6) is -0.830. The summed E-state index contributed by atoms with van der Waals surface area (Å²) in [7, 11) is -3.00. The zero-order chi connectivity index (χ0) is 13.5. The maximum absolute atomic E-state index is 11.4. The molecule has 0 saturated carbocycles. The number of carboxylic acid groups (broad SMARTS) is 1. The van der Waals surface area contributed by atoms with Gasteiger partial charge >= 0.3 is 5.97 Å². The number of hydrogen-bond donors (Lipinski definition) is 1. The number of nitrogens with zero attached hydrogens (tertiary/aromatic N) is 2. The van der Waals surface area contributed by atoms with E-state index in [4.69, 9.17) is 5.11 Å². The maximum atomic E-state index is 11.4. The van der Waals surface area contributed by atoms with Crippen LogP contribution in [0.4, 0.5) is 0 Å². The van der Waals surface area contributed by atoms with Crippen molar-refractivity contribution in [3.63, 3.8) is 0 Å². The molecule has 1 aliphatic heterocycles. The van der Waals surface area contributed by atoms with Gasteiger partial charge in [0.25, 0.3) is 0 Å². The third-order valence-corrected chi connectivity index (χ3v) is 4.87. The average Bonchev–Trinajstić information content (AvgIpc) is 2.80. The molecule has 7 heteroatoms. The third-order valence-electron chi connectivity index (χ3n) is 3.12. The number of aromatic carboxylic acids is 1. The molecule has 2 rings (SSSR count). The monoisotopic (exact) mass is 272 g/mol. The second kappa shape index (κ2) is 4.38. The molecule has 0 spiro atoms. The predicted octanol–water partition coefficient (Wildman–Crippen LogP) is 1.06. The van der Waals surface area contributed by atoms with Crippen molar-refractivity contribution < 1.29 is 18.3 Å². The summed E-state index contributed by atoms with van der Waals surface area (Å²) in [6, 6.07) is -0.236. The topological polar surface area (TPSA) is 89.3 Å². The summed E-state index contributed by atoms with van der Waals surface area (Å²) >= 11 is 0. The van der Waals surface area contributed by atoms with Crippen LogP contribution in [-0.2, 0) is 9.84 Å². The highest BCUT2D eigenvalue weighted by Gasteiger charge is 2.31. The van der Waals surface area contributed by atoms with Gasteiger partial charge in [-0.05, 0) is 12.3 Å². The Morgan fingerprint density at radius 3 is 2.61 bits per heavy atom. The fraction of sp³-hybridized carbons (Fsp3) is 0.636. The minimum absolute atomic E-state index is 0.00430. The Kier molecular flexibility index (Phi) is 3.18. The number of rotatable bonds is 3. The van der Waals surface area contributed by atoms with Gasteiger partial charge in [0, 0.05) is 6.20 Å². The van der Waals surface area contributed by atoms with Gasteiger partial charge in [-0.1, -0.05) is 13.8 Å². The van der Waals surface area contributed by atoms with Crippen LogP contribution in [0.2, 0.25) is 0 Å². The van der Waals surface area contributed by atoms with Crippen LogP contribution in [0.3, 0.4) is 0 Å².